The summed E-state index contributed by atoms with van der Waals surface area (Å²) >= 11 is 0. The molecule has 25 heavy (non-hydrogen) atoms. The van der Waals surface area contributed by atoms with Gasteiger partial charge in [-0.3, -0.25) is 4.99 Å². The van der Waals surface area contributed by atoms with Gasteiger partial charge in [0.05, 0.1) is 0 Å². The van der Waals surface area contributed by atoms with Crippen LogP contribution in [-0.2, 0) is 12.0 Å². The normalized spacial score (nSPS) is 15.2. The van der Waals surface area contributed by atoms with E-state index in [1.165, 1.54) is 24.3 Å². The van der Waals surface area contributed by atoms with Gasteiger partial charge in [0, 0.05) is 25.6 Å². The standard InChI is InChI=1S/C19H21F2N3.HI/c1-22-18(23-12-14-2-6-16(20)7-3-14)24-13-19(10-11-19)15-4-8-17(21)9-5-15;/h2-9H,10-13H2,1H3,(H2,22,23,24);1H. The first-order chi connectivity index (χ1) is 11.6. The van der Waals surface area contributed by atoms with Gasteiger partial charge in [-0.25, -0.2) is 8.78 Å². The summed E-state index contributed by atoms with van der Waals surface area (Å²) in [6.07, 6.45) is 2.17. The molecular weight excluding hydrogens is 435 g/mol. The Hall–Kier alpha value is -1.70. The molecule has 0 atom stereocenters. The summed E-state index contributed by atoms with van der Waals surface area (Å²) in [5.41, 5.74) is 2.21. The molecule has 2 aromatic carbocycles. The Labute approximate surface area is 164 Å². The Morgan fingerprint density at radius 1 is 0.960 bits per heavy atom. The highest BCUT2D eigenvalue weighted by molar-refractivity contribution is 14.0. The molecule has 3 nitrogen and oxygen atoms in total. The van der Waals surface area contributed by atoms with Gasteiger partial charge in [-0.2, -0.15) is 0 Å². The van der Waals surface area contributed by atoms with Gasteiger partial charge in [0.1, 0.15) is 11.6 Å². The van der Waals surface area contributed by atoms with Crippen LogP contribution in [-0.4, -0.2) is 19.6 Å². The maximum atomic E-state index is 13.1. The second-order valence-electron chi connectivity index (χ2n) is 6.19. The molecule has 1 aliphatic rings. The molecule has 1 fully saturated rings. The van der Waals surface area contributed by atoms with Crippen LogP contribution in [0.3, 0.4) is 0 Å². The molecule has 0 amide bonds. The molecule has 134 valence electrons. The van der Waals surface area contributed by atoms with Gasteiger partial charge in [0.25, 0.3) is 0 Å². The largest absolute Gasteiger partial charge is 0.356 e. The minimum absolute atomic E-state index is 0. The lowest BCUT2D eigenvalue weighted by molar-refractivity contribution is 0.617. The van der Waals surface area contributed by atoms with Gasteiger partial charge >= 0.3 is 0 Å². The fraction of sp³-hybridized carbons (Fsp3) is 0.316. The molecule has 0 bridgehead atoms. The van der Waals surface area contributed by atoms with Crippen LogP contribution in [0, 0.1) is 11.6 Å². The van der Waals surface area contributed by atoms with E-state index in [9.17, 15) is 8.78 Å². The third kappa shape index (κ3) is 5.14. The van der Waals surface area contributed by atoms with Crippen LogP contribution in [0.1, 0.15) is 24.0 Å². The van der Waals surface area contributed by atoms with Gasteiger partial charge in [0.2, 0.25) is 0 Å². The Balaban J connectivity index is 0.00000225. The number of guanidine groups is 1. The van der Waals surface area contributed by atoms with Gasteiger partial charge < -0.3 is 10.6 Å². The summed E-state index contributed by atoms with van der Waals surface area (Å²) in [6.45, 7) is 1.32. The summed E-state index contributed by atoms with van der Waals surface area (Å²) in [7, 11) is 1.72. The van der Waals surface area contributed by atoms with Crippen molar-refractivity contribution in [3.8, 4) is 0 Å². The van der Waals surface area contributed by atoms with Crippen molar-refractivity contribution in [1.82, 2.24) is 10.6 Å². The minimum Gasteiger partial charge on any atom is -0.356 e. The lowest BCUT2D eigenvalue weighted by atomic mass is 9.96. The van der Waals surface area contributed by atoms with Crippen molar-refractivity contribution in [2.75, 3.05) is 13.6 Å². The molecule has 0 radical (unpaired) electrons. The first-order valence-electron chi connectivity index (χ1n) is 8.06. The Bertz CT molecular complexity index is 710. The molecule has 0 spiro atoms. The summed E-state index contributed by atoms with van der Waals surface area (Å²) in [6, 6.07) is 13.1. The van der Waals surface area contributed by atoms with E-state index in [4.69, 9.17) is 0 Å². The van der Waals surface area contributed by atoms with Gasteiger partial charge in [-0.05, 0) is 48.2 Å². The van der Waals surface area contributed by atoms with Crippen LogP contribution < -0.4 is 10.6 Å². The molecule has 0 saturated heterocycles. The summed E-state index contributed by atoms with van der Waals surface area (Å²) in [5, 5.41) is 6.56. The molecule has 3 rings (SSSR count). The molecule has 0 unspecified atom stereocenters. The maximum absolute atomic E-state index is 13.1. The SMILES string of the molecule is CN=C(NCc1ccc(F)cc1)NCC1(c2ccc(F)cc2)CC1.I. The number of rotatable bonds is 5. The zero-order chi connectivity index (χ0) is 17.0. The zero-order valence-electron chi connectivity index (χ0n) is 14.1. The molecule has 0 aromatic heterocycles. The van der Waals surface area contributed by atoms with Crippen molar-refractivity contribution in [3.05, 3.63) is 71.3 Å². The molecule has 0 aliphatic heterocycles. The lowest BCUT2D eigenvalue weighted by Crippen LogP contribution is -2.40. The first-order valence-corrected chi connectivity index (χ1v) is 8.06. The fourth-order valence-corrected chi connectivity index (χ4v) is 2.78. The predicted molar refractivity (Wildman–Crippen MR) is 107 cm³/mol. The number of halogens is 3. The van der Waals surface area contributed by atoms with Gasteiger partial charge in [0.15, 0.2) is 5.96 Å². The van der Waals surface area contributed by atoms with Crippen LogP contribution in [0.4, 0.5) is 8.78 Å². The lowest BCUT2D eigenvalue weighted by Gasteiger charge is -2.19. The summed E-state index contributed by atoms with van der Waals surface area (Å²) < 4.78 is 26.0. The maximum Gasteiger partial charge on any atom is 0.191 e. The van der Waals surface area contributed by atoms with Crippen molar-refractivity contribution in [2.45, 2.75) is 24.8 Å². The van der Waals surface area contributed by atoms with Crippen LogP contribution in [0.15, 0.2) is 53.5 Å². The van der Waals surface area contributed by atoms with Gasteiger partial charge in [-0.1, -0.05) is 24.3 Å². The third-order valence-electron chi connectivity index (χ3n) is 4.50. The molecule has 1 saturated carbocycles. The number of nitrogens with zero attached hydrogens (tertiary/aromatic N) is 1. The Morgan fingerprint density at radius 3 is 2.04 bits per heavy atom. The van der Waals surface area contributed by atoms with Crippen molar-refractivity contribution in [3.63, 3.8) is 0 Å². The Morgan fingerprint density at radius 2 is 1.52 bits per heavy atom. The molecule has 2 N–H and O–H groups in total. The fourth-order valence-electron chi connectivity index (χ4n) is 2.78. The second kappa shape index (κ2) is 8.60. The number of hydrogen-bond acceptors (Lipinski definition) is 1. The van der Waals surface area contributed by atoms with Crippen molar-refractivity contribution in [1.29, 1.82) is 0 Å². The van der Waals surface area contributed by atoms with Crippen LogP contribution in [0.25, 0.3) is 0 Å². The average molecular weight is 457 g/mol. The molecule has 2 aromatic rings. The first kappa shape index (κ1) is 19.6. The zero-order valence-corrected chi connectivity index (χ0v) is 16.4. The van der Waals surface area contributed by atoms with E-state index in [1.807, 2.05) is 12.1 Å². The number of aliphatic imine (C=N–C) groups is 1. The van der Waals surface area contributed by atoms with Crippen molar-refractivity contribution in [2.24, 2.45) is 4.99 Å². The Kier molecular flexibility index (Phi) is 6.75. The van der Waals surface area contributed by atoms with Crippen molar-refractivity contribution >= 4 is 29.9 Å². The molecule has 6 heteroatoms. The minimum atomic E-state index is -0.240. The predicted octanol–water partition coefficient (Wildman–Crippen LogP) is 3.98. The van der Waals surface area contributed by atoms with Crippen LogP contribution in [0.2, 0.25) is 0 Å². The highest BCUT2D eigenvalue weighted by Crippen LogP contribution is 2.47. The van der Waals surface area contributed by atoms with Crippen LogP contribution in [0.5, 0.6) is 0 Å². The highest BCUT2D eigenvalue weighted by atomic mass is 127. The summed E-state index contributed by atoms with van der Waals surface area (Å²) in [5.74, 6) is 0.253. The summed E-state index contributed by atoms with van der Waals surface area (Å²) in [4.78, 5) is 4.22. The van der Waals surface area contributed by atoms with E-state index in [1.54, 1.807) is 19.2 Å². The molecular formula is C19H22F2IN3. The average Bonchev–Trinajstić information content (AvgIpc) is 3.38. The van der Waals surface area contributed by atoms with Crippen LogP contribution >= 0.6 is 24.0 Å². The quantitative estimate of drug-likeness (QED) is 0.405. The van der Waals surface area contributed by atoms with E-state index in [-0.39, 0.29) is 41.0 Å². The smallest absolute Gasteiger partial charge is 0.191 e. The second-order valence-corrected chi connectivity index (χ2v) is 6.19. The number of nitrogens with one attached hydrogen (secondary N) is 2. The highest BCUT2D eigenvalue weighted by Gasteiger charge is 2.44. The molecule has 1 aliphatic carbocycles. The third-order valence-corrected chi connectivity index (χ3v) is 4.50. The van der Waals surface area contributed by atoms with Crippen molar-refractivity contribution < 1.29 is 8.78 Å². The van der Waals surface area contributed by atoms with E-state index >= 15 is 0 Å². The van der Waals surface area contributed by atoms with E-state index in [0.717, 1.165) is 30.5 Å². The number of benzene rings is 2. The molecule has 0 heterocycles. The van der Waals surface area contributed by atoms with E-state index in [2.05, 4.69) is 15.6 Å². The van der Waals surface area contributed by atoms with Gasteiger partial charge in [-0.15, -0.1) is 24.0 Å². The topological polar surface area (TPSA) is 36.4 Å². The monoisotopic (exact) mass is 457 g/mol. The van der Waals surface area contributed by atoms with E-state index in [0.29, 0.717) is 12.5 Å². The number of hydrogen-bond donors (Lipinski definition) is 2. The van der Waals surface area contributed by atoms with E-state index < -0.39 is 0 Å².